The van der Waals surface area contributed by atoms with Crippen molar-refractivity contribution in [1.29, 1.82) is 0 Å². The minimum Gasteiger partial charge on any atom is -0.480 e. The van der Waals surface area contributed by atoms with Gasteiger partial charge in [-0.15, -0.1) is 0 Å². The zero-order valence-electron chi connectivity index (χ0n) is 27.0. The molecule has 1 aliphatic heterocycles. The summed E-state index contributed by atoms with van der Waals surface area (Å²) in [7, 11) is 0. The number of benzene rings is 4. The number of piperidine rings is 1. The van der Waals surface area contributed by atoms with Crippen molar-refractivity contribution in [2.45, 2.75) is 49.9 Å². The van der Waals surface area contributed by atoms with Gasteiger partial charge in [-0.1, -0.05) is 109 Å². The number of aliphatic carboxylic acids is 1. The van der Waals surface area contributed by atoms with Crippen LogP contribution in [0.1, 0.15) is 47.4 Å². The van der Waals surface area contributed by atoms with Crippen LogP contribution in [0, 0.1) is 0 Å². The van der Waals surface area contributed by atoms with E-state index in [0.29, 0.717) is 19.6 Å². The summed E-state index contributed by atoms with van der Waals surface area (Å²) < 4.78 is 11.1. The maximum absolute atomic E-state index is 13.8. The molecule has 0 saturated carbocycles. The molecule has 1 heterocycles. The predicted octanol–water partition coefficient (Wildman–Crippen LogP) is 5.26. The van der Waals surface area contributed by atoms with Crippen LogP contribution in [0.3, 0.4) is 0 Å². The van der Waals surface area contributed by atoms with Gasteiger partial charge in [-0.2, -0.15) is 0 Å². The molecule has 3 N–H and O–H groups in total. The number of esters is 1. The van der Waals surface area contributed by atoms with Crippen molar-refractivity contribution in [2.24, 2.45) is 0 Å². The molecule has 0 aromatic heterocycles. The Kier molecular flexibility index (Phi) is 10.3. The fourth-order valence-electron chi connectivity index (χ4n) is 6.61. The van der Waals surface area contributed by atoms with Crippen molar-refractivity contribution >= 4 is 23.9 Å². The zero-order chi connectivity index (χ0) is 34.2. The summed E-state index contributed by atoms with van der Waals surface area (Å²) in [6, 6.07) is 33.3. The van der Waals surface area contributed by atoms with E-state index in [9.17, 15) is 24.3 Å². The molecule has 1 fully saturated rings. The van der Waals surface area contributed by atoms with E-state index in [2.05, 4.69) is 15.5 Å². The van der Waals surface area contributed by atoms with Crippen LogP contribution in [-0.2, 0) is 37.0 Å². The molecule has 1 atom stereocenters. The van der Waals surface area contributed by atoms with E-state index in [4.69, 9.17) is 9.47 Å². The number of hydrogen-bond acceptors (Lipinski definition) is 7. The molecule has 10 heteroatoms. The molecule has 4 aromatic carbocycles. The number of carboxylic acid groups (broad SMARTS) is 1. The third-order valence-corrected chi connectivity index (χ3v) is 9.30. The number of alkyl carbamates (subject to hydrolysis) is 1. The number of nitrogens with one attached hydrogen (secondary N) is 2. The molecule has 10 nitrogen and oxygen atoms in total. The maximum atomic E-state index is 13.8. The van der Waals surface area contributed by atoms with Crippen LogP contribution in [0.15, 0.2) is 109 Å². The Morgan fingerprint density at radius 3 is 1.90 bits per heavy atom. The number of nitrogens with zero attached hydrogens (tertiary/aromatic N) is 1. The number of fused-ring (bicyclic) bond motifs is 3. The number of rotatable bonds is 12. The van der Waals surface area contributed by atoms with Crippen molar-refractivity contribution in [2.75, 3.05) is 19.7 Å². The quantitative estimate of drug-likeness (QED) is 0.175. The molecule has 4 aromatic rings. The SMILES string of the molecule is O=C(C[C@H](NC(=O)OCC1c2ccccc2-c2ccccc21)C(=O)NC1(C(=O)O)CCN(Cc2ccccc2)CC1)OCc1ccccc1. The molecule has 49 heavy (non-hydrogen) atoms. The Morgan fingerprint density at radius 2 is 1.31 bits per heavy atom. The lowest BCUT2D eigenvalue weighted by atomic mass is 9.86. The van der Waals surface area contributed by atoms with Gasteiger partial charge in [0.2, 0.25) is 5.91 Å². The first-order valence-electron chi connectivity index (χ1n) is 16.4. The van der Waals surface area contributed by atoms with Crippen LogP contribution in [0.5, 0.6) is 0 Å². The van der Waals surface area contributed by atoms with E-state index >= 15 is 0 Å². The van der Waals surface area contributed by atoms with Crippen molar-refractivity contribution in [3.05, 3.63) is 131 Å². The molecule has 252 valence electrons. The summed E-state index contributed by atoms with van der Waals surface area (Å²) in [5.41, 5.74) is 4.48. The number of carbonyl (C=O) groups is 4. The minimum atomic E-state index is -1.57. The van der Waals surface area contributed by atoms with Crippen LogP contribution >= 0.6 is 0 Å². The van der Waals surface area contributed by atoms with Gasteiger partial charge in [0.1, 0.15) is 24.8 Å². The summed E-state index contributed by atoms with van der Waals surface area (Å²) in [4.78, 5) is 54.7. The van der Waals surface area contributed by atoms with E-state index in [1.54, 1.807) is 12.1 Å². The first-order valence-corrected chi connectivity index (χ1v) is 16.4. The average molecular weight is 662 g/mol. The third-order valence-electron chi connectivity index (χ3n) is 9.30. The normalized spacial score (nSPS) is 15.7. The minimum absolute atomic E-state index is 0.00294. The lowest BCUT2D eigenvalue weighted by Gasteiger charge is -2.40. The number of ether oxygens (including phenoxy) is 2. The number of carbonyl (C=O) groups excluding carboxylic acids is 3. The van der Waals surface area contributed by atoms with Gasteiger partial charge in [0.15, 0.2) is 0 Å². The van der Waals surface area contributed by atoms with Gasteiger partial charge in [0.25, 0.3) is 0 Å². The van der Waals surface area contributed by atoms with E-state index in [0.717, 1.165) is 33.4 Å². The number of carboxylic acids is 1. The van der Waals surface area contributed by atoms with Crippen molar-refractivity contribution in [3.8, 4) is 11.1 Å². The summed E-state index contributed by atoms with van der Waals surface area (Å²) in [5.74, 6) is -2.92. The van der Waals surface area contributed by atoms with Gasteiger partial charge in [-0.25, -0.2) is 9.59 Å². The summed E-state index contributed by atoms with van der Waals surface area (Å²) in [5, 5.41) is 15.5. The molecule has 0 spiro atoms. The Balaban J connectivity index is 1.13. The van der Waals surface area contributed by atoms with Gasteiger partial charge >= 0.3 is 18.0 Å². The van der Waals surface area contributed by atoms with Gasteiger partial charge in [0.05, 0.1) is 6.42 Å². The maximum Gasteiger partial charge on any atom is 0.407 e. The molecule has 0 bridgehead atoms. The fourth-order valence-corrected chi connectivity index (χ4v) is 6.61. The smallest absolute Gasteiger partial charge is 0.407 e. The van der Waals surface area contributed by atoms with E-state index < -0.39 is 41.9 Å². The van der Waals surface area contributed by atoms with Gasteiger partial charge < -0.3 is 25.2 Å². The second-order valence-corrected chi connectivity index (χ2v) is 12.5. The highest BCUT2D eigenvalue weighted by Gasteiger charge is 2.44. The largest absolute Gasteiger partial charge is 0.480 e. The van der Waals surface area contributed by atoms with E-state index in [-0.39, 0.29) is 32.0 Å². The van der Waals surface area contributed by atoms with Crippen molar-refractivity contribution in [3.63, 3.8) is 0 Å². The number of likely N-dealkylation sites (tertiary alicyclic amines) is 1. The second-order valence-electron chi connectivity index (χ2n) is 12.5. The Hall–Kier alpha value is -5.48. The van der Waals surface area contributed by atoms with Crippen LogP contribution in [0.2, 0.25) is 0 Å². The highest BCUT2D eigenvalue weighted by Crippen LogP contribution is 2.44. The molecule has 2 amide bonds. The van der Waals surface area contributed by atoms with Crippen molar-refractivity contribution < 1.29 is 33.8 Å². The average Bonchev–Trinajstić information content (AvgIpc) is 3.44. The van der Waals surface area contributed by atoms with E-state index in [1.807, 2.05) is 97.1 Å². The van der Waals surface area contributed by atoms with Gasteiger partial charge in [0, 0.05) is 25.6 Å². The van der Waals surface area contributed by atoms with Crippen molar-refractivity contribution in [1.82, 2.24) is 15.5 Å². The highest BCUT2D eigenvalue weighted by atomic mass is 16.5. The highest BCUT2D eigenvalue weighted by molar-refractivity contribution is 5.93. The number of amides is 2. The monoisotopic (exact) mass is 661 g/mol. The molecular formula is C39H39N3O7. The lowest BCUT2D eigenvalue weighted by molar-refractivity contribution is -0.151. The Morgan fingerprint density at radius 1 is 0.755 bits per heavy atom. The topological polar surface area (TPSA) is 134 Å². The first kappa shape index (κ1) is 33.4. The molecule has 0 radical (unpaired) electrons. The standard InChI is InChI=1S/C39H39N3O7/c43-35(48-25-28-13-5-2-6-14-28)23-34(36(44)41-39(37(45)46)19-21-42(22-20-39)24-27-11-3-1-4-12-27)40-38(47)49-26-33-31-17-9-7-15-29(31)30-16-8-10-18-32(30)33/h1-18,33-34H,19-26H2,(H,40,47)(H,41,44)(H,45,46)/t34-/m0/s1. The van der Waals surface area contributed by atoms with Gasteiger partial charge in [-0.3, -0.25) is 14.5 Å². The summed E-state index contributed by atoms with van der Waals surface area (Å²) in [6.45, 7) is 1.51. The molecule has 0 unspecified atom stereocenters. The second kappa shape index (κ2) is 15.2. The predicted molar refractivity (Wildman–Crippen MR) is 182 cm³/mol. The third kappa shape index (κ3) is 7.98. The number of hydrogen-bond donors (Lipinski definition) is 3. The Bertz CT molecular complexity index is 1740. The fraction of sp³-hybridized carbons (Fsp3) is 0.282. The van der Waals surface area contributed by atoms with Crippen LogP contribution in [-0.4, -0.2) is 65.2 Å². The van der Waals surface area contributed by atoms with Crippen LogP contribution in [0.4, 0.5) is 4.79 Å². The molecule has 2 aliphatic rings. The van der Waals surface area contributed by atoms with Gasteiger partial charge in [-0.05, 0) is 46.2 Å². The lowest BCUT2D eigenvalue weighted by Crippen LogP contribution is -2.63. The Labute approximate surface area is 285 Å². The van der Waals surface area contributed by atoms with Crippen LogP contribution in [0.25, 0.3) is 11.1 Å². The summed E-state index contributed by atoms with van der Waals surface area (Å²) in [6.07, 6.45) is -1.12. The first-order chi connectivity index (χ1) is 23.8. The van der Waals surface area contributed by atoms with Crippen LogP contribution < -0.4 is 10.6 Å². The molecule has 1 saturated heterocycles. The van der Waals surface area contributed by atoms with E-state index in [1.165, 1.54) is 0 Å². The summed E-state index contributed by atoms with van der Waals surface area (Å²) >= 11 is 0. The molecule has 6 rings (SSSR count). The molecule has 1 aliphatic carbocycles. The molecular weight excluding hydrogens is 622 g/mol. The zero-order valence-corrected chi connectivity index (χ0v) is 27.0.